The van der Waals surface area contributed by atoms with E-state index in [4.69, 9.17) is 16.3 Å². The predicted molar refractivity (Wildman–Crippen MR) is 99.1 cm³/mol. The molecule has 1 aliphatic rings. The molecule has 0 aliphatic carbocycles. The Morgan fingerprint density at radius 3 is 2.38 bits per heavy atom. The summed E-state index contributed by atoms with van der Waals surface area (Å²) in [6, 6.07) is 13.3. The van der Waals surface area contributed by atoms with Crippen LogP contribution >= 0.6 is 11.6 Å². The van der Waals surface area contributed by atoms with Crippen LogP contribution in [0.2, 0.25) is 5.02 Å². The molecule has 0 radical (unpaired) electrons. The van der Waals surface area contributed by atoms with E-state index in [1.807, 2.05) is 0 Å². The molecule has 0 atom stereocenters. The molecule has 0 spiro atoms. The van der Waals surface area contributed by atoms with Crippen LogP contribution in [0.25, 0.3) is 0 Å². The van der Waals surface area contributed by atoms with Gasteiger partial charge in [-0.1, -0.05) is 29.8 Å². The predicted octanol–water partition coefficient (Wildman–Crippen LogP) is 2.50. The molecule has 2 aromatic carbocycles. The van der Waals surface area contributed by atoms with E-state index >= 15 is 0 Å². The summed E-state index contributed by atoms with van der Waals surface area (Å²) in [6.07, 6.45) is 0. The summed E-state index contributed by atoms with van der Waals surface area (Å²) in [7, 11) is -2.24. The molecule has 1 fully saturated rings. The molecule has 0 N–H and O–H groups in total. The number of hydrogen-bond acceptors (Lipinski definition) is 4. The third kappa shape index (κ3) is 3.70. The molecule has 2 aromatic rings. The van der Waals surface area contributed by atoms with Crippen molar-refractivity contribution < 1.29 is 17.9 Å². The van der Waals surface area contributed by atoms with Crippen LogP contribution in [0.5, 0.6) is 5.75 Å². The van der Waals surface area contributed by atoms with Crippen molar-refractivity contribution in [2.45, 2.75) is 4.90 Å². The third-order valence-corrected chi connectivity index (χ3v) is 6.46. The maximum atomic E-state index is 12.9. The second kappa shape index (κ2) is 7.65. The highest BCUT2D eigenvalue weighted by Gasteiger charge is 2.32. The van der Waals surface area contributed by atoms with Crippen LogP contribution in [0.1, 0.15) is 10.4 Å². The number of ether oxygens (including phenoxy) is 1. The molecule has 6 nitrogen and oxygen atoms in total. The summed E-state index contributed by atoms with van der Waals surface area (Å²) in [5.41, 5.74) is 0.499. The first-order chi connectivity index (χ1) is 12.4. The molecule has 138 valence electrons. The van der Waals surface area contributed by atoms with Gasteiger partial charge in [-0.2, -0.15) is 4.31 Å². The number of piperazine rings is 1. The normalized spacial score (nSPS) is 15.7. The highest BCUT2D eigenvalue weighted by Crippen LogP contribution is 2.27. The SMILES string of the molecule is COc1ccccc1S(=O)(=O)N1CCN(C(=O)c2cccc(Cl)c2)CC1. The van der Waals surface area contributed by atoms with E-state index in [0.717, 1.165) is 0 Å². The van der Waals surface area contributed by atoms with Gasteiger partial charge in [-0.15, -0.1) is 0 Å². The smallest absolute Gasteiger partial charge is 0.253 e. The second-order valence-corrected chi connectivity index (χ2v) is 8.20. The Labute approximate surface area is 158 Å². The number of sulfonamides is 1. The Morgan fingerprint density at radius 1 is 1.04 bits per heavy atom. The van der Waals surface area contributed by atoms with Crippen molar-refractivity contribution in [3.8, 4) is 5.75 Å². The molecule has 3 rings (SSSR count). The zero-order chi connectivity index (χ0) is 18.7. The van der Waals surface area contributed by atoms with Crippen molar-refractivity contribution in [2.24, 2.45) is 0 Å². The lowest BCUT2D eigenvalue weighted by Gasteiger charge is -2.34. The van der Waals surface area contributed by atoms with Gasteiger partial charge in [0, 0.05) is 36.8 Å². The zero-order valence-electron chi connectivity index (χ0n) is 14.3. The number of carbonyl (C=O) groups excluding carboxylic acids is 1. The van der Waals surface area contributed by atoms with Gasteiger partial charge in [0.15, 0.2) is 0 Å². The third-order valence-electron chi connectivity index (χ3n) is 4.28. The lowest BCUT2D eigenvalue weighted by Crippen LogP contribution is -2.50. The Balaban J connectivity index is 1.73. The van der Waals surface area contributed by atoms with E-state index in [1.165, 1.54) is 17.5 Å². The molecule has 1 amide bonds. The molecule has 26 heavy (non-hydrogen) atoms. The largest absolute Gasteiger partial charge is 0.495 e. The summed E-state index contributed by atoms with van der Waals surface area (Å²) in [4.78, 5) is 14.3. The fraction of sp³-hybridized carbons (Fsp3) is 0.278. The van der Waals surface area contributed by atoms with Crippen LogP contribution in [0.15, 0.2) is 53.4 Å². The Bertz CT molecular complexity index is 909. The van der Waals surface area contributed by atoms with Crippen LogP contribution in [0, 0.1) is 0 Å². The molecule has 8 heteroatoms. The fourth-order valence-electron chi connectivity index (χ4n) is 2.91. The zero-order valence-corrected chi connectivity index (χ0v) is 15.8. The number of carbonyl (C=O) groups is 1. The standard InChI is InChI=1S/C18H19ClN2O4S/c1-25-16-7-2-3-8-17(16)26(23,24)21-11-9-20(10-12-21)18(22)14-5-4-6-15(19)13-14/h2-8,13H,9-12H2,1H3. The summed E-state index contributed by atoms with van der Waals surface area (Å²) < 4.78 is 32.3. The van der Waals surface area contributed by atoms with Gasteiger partial charge in [0.25, 0.3) is 5.91 Å². The highest BCUT2D eigenvalue weighted by atomic mass is 35.5. The number of halogens is 1. The van der Waals surface area contributed by atoms with Gasteiger partial charge >= 0.3 is 0 Å². The molecule has 1 saturated heterocycles. The van der Waals surface area contributed by atoms with E-state index in [2.05, 4.69) is 0 Å². The minimum Gasteiger partial charge on any atom is -0.495 e. The van der Waals surface area contributed by atoms with Crippen LogP contribution < -0.4 is 4.74 Å². The highest BCUT2D eigenvalue weighted by molar-refractivity contribution is 7.89. The van der Waals surface area contributed by atoms with Gasteiger partial charge in [-0.05, 0) is 30.3 Å². The Hall–Kier alpha value is -2.09. The lowest BCUT2D eigenvalue weighted by molar-refractivity contribution is 0.0698. The molecule has 1 aliphatic heterocycles. The first kappa shape index (κ1) is 18.7. The van der Waals surface area contributed by atoms with Gasteiger partial charge in [-0.3, -0.25) is 4.79 Å². The van der Waals surface area contributed by atoms with Crippen LogP contribution in [-0.4, -0.2) is 56.8 Å². The van der Waals surface area contributed by atoms with Gasteiger partial charge in [0.05, 0.1) is 7.11 Å². The Morgan fingerprint density at radius 2 is 1.73 bits per heavy atom. The molecule has 0 saturated carbocycles. The van der Waals surface area contributed by atoms with Gasteiger partial charge in [-0.25, -0.2) is 8.42 Å². The van der Waals surface area contributed by atoms with Crippen LogP contribution in [0.4, 0.5) is 0 Å². The number of hydrogen-bond donors (Lipinski definition) is 0. The summed E-state index contributed by atoms with van der Waals surface area (Å²) in [5, 5.41) is 0.494. The number of rotatable bonds is 4. The molecular weight excluding hydrogens is 376 g/mol. The maximum Gasteiger partial charge on any atom is 0.253 e. The second-order valence-electron chi connectivity index (χ2n) is 5.86. The molecular formula is C18H19ClN2O4S. The van der Waals surface area contributed by atoms with E-state index in [0.29, 0.717) is 29.4 Å². The quantitative estimate of drug-likeness (QED) is 0.799. The summed E-state index contributed by atoms with van der Waals surface area (Å²) in [5.74, 6) is 0.159. The number of benzene rings is 2. The van der Waals surface area contributed by atoms with E-state index in [1.54, 1.807) is 47.4 Å². The number of para-hydroxylation sites is 1. The molecule has 0 unspecified atom stereocenters. The summed E-state index contributed by atoms with van der Waals surface area (Å²) >= 11 is 5.94. The van der Waals surface area contributed by atoms with Crippen molar-refractivity contribution in [2.75, 3.05) is 33.3 Å². The first-order valence-corrected chi connectivity index (χ1v) is 9.93. The number of nitrogens with zero attached hydrogens (tertiary/aromatic N) is 2. The molecule has 0 bridgehead atoms. The number of methoxy groups -OCH3 is 1. The van der Waals surface area contributed by atoms with Crippen molar-refractivity contribution >= 4 is 27.5 Å². The minimum atomic E-state index is -3.68. The number of amides is 1. The average Bonchev–Trinajstić information content (AvgIpc) is 2.67. The average molecular weight is 395 g/mol. The molecule has 1 heterocycles. The van der Waals surface area contributed by atoms with Gasteiger partial charge in [0.1, 0.15) is 10.6 Å². The monoisotopic (exact) mass is 394 g/mol. The van der Waals surface area contributed by atoms with E-state index in [9.17, 15) is 13.2 Å². The lowest BCUT2D eigenvalue weighted by atomic mass is 10.2. The topological polar surface area (TPSA) is 66.9 Å². The van der Waals surface area contributed by atoms with Gasteiger partial charge < -0.3 is 9.64 Å². The van der Waals surface area contributed by atoms with Crippen LogP contribution in [-0.2, 0) is 10.0 Å². The minimum absolute atomic E-state index is 0.136. The van der Waals surface area contributed by atoms with E-state index < -0.39 is 10.0 Å². The molecule has 0 aromatic heterocycles. The van der Waals surface area contributed by atoms with Gasteiger partial charge in [0.2, 0.25) is 10.0 Å². The van der Waals surface area contributed by atoms with Crippen molar-refractivity contribution in [1.82, 2.24) is 9.21 Å². The van der Waals surface area contributed by atoms with E-state index in [-0.39, 0.29) is 23.9 Å². The van der Waals surface area contributed by atoms with Crippen molar-refractivity contribution in [3.05, 3.63) is 59.1 Å². The maximum absolute atomic E-state index is 12.9. The van der Waals surface area contributed by atoms with Crippen LogP contribution in [0.3, 0.4) is 0 Å². The summed E-state index contributed by atoms with van der Waals surface area (Å²) in [6.45, 7) is 1.10. The van der Waals surface area contributed by atoms with Crippen molar-refractivity contribution in [3.63, 3.8) is 0 Å². The van der Waals surface area contributed by atoms with Crippen molar-refractivity contribution in [1.29, 1.82) is 0 Å². The fourth-order valence-corrected chi connectivity index (χ4v) is 4.68. The Kier molecular flexibility index (Phi) is 5.50. The first-order valence-electron chi connectivity index (χ1n) is 8.11.